The van der Waals surface area contributed by atoms with Crippen LogP contribution in [0.2, 0.25) is 0 Å². The van der Waals surface area contributed by atoms with Gasteiger partial charge >= 0.3 is 20.3 Å². The summed E-state index contributed by atoms with van der Waals surface area (Å²) in [6.07, 6.45) is 0. The molecule has 0 aromatic heterocycles. The molecular formula is C2H5NO7P2. The van der Waals surface area contributed by atoms with Crippen molar-refractivity contribution >= 4 is 15.2 Å². The monoisotopic (exact) mass is 217 g/mol. The van der Waals surface area contributed by atoms with Crippen LogP contribution in [0.1, 0.15) is 0 Å². The van der Waals surface area contributed by atoms with Crippen LogP contribution >= 0.6 is 15.2 Å². The summed E-state index contributed by atoms with van der Waals surface area (Å²) in [5.41, 5.74) is 0. The molecule has 0 atom stereocenters. The predicted molar refractivity (Wildman–Crippen MR) is 34.7 cm³/mol. The lowest BCUT2D eigenvalue weighted by atomic mass is 10.8. The molecular weight excluding hydrogens is 212 g/mol. The van der Waals surface area contributed by atoms with Gasteiger partial charge in [-0.05, 0) is 0 Å². The van der Waals surface area contributed by atoms with Crippen molar-refractivity contribution in [2.45, 2.75) is 5.08 Å². The first-order valence-electron chi connectivity index (χ1n) is 2.31. The minimum atomic E-state index is -5.58. The van der Waals surface area contributed by atoms with E-state index in [0.717, 1.165) is 0 Å². The molecule has 0 aliphatic heterocycles. The second-order valence-electron chi connectivity index (χ2n) is 1.84. The van der Waals surface area contributed by atoms with Gasteiger partial charge in [-0.1, -0.05) is 0 Å². The molecule has 0 rings (SSSR count). The summed E-state index contributed by atoms with van der Waals surface area (Å²) in [6.45, 7) is 0. The molecule has 10 heteroatoms. The number of rotatable bonds is 2. The summed E-state index contributed by atoms with van der Waals surface area (Å²) in [5.74, 6) is 0. The van der Waals surface area contributed by atoms with Crippen molar-refractivity contribution in [2.24, 2.45) is 0 Å². The lowest BCUT2D eigenvalue weighted by molar-refractivity contribution is 0.173. The molecule has 0 bridgehead atoms. The van der Waals surface area contributed by atoms with Crippen LogP contribution in [-0.2, 0) is 9.13 Å². The van der Waals surface area contributed by atoms with Crippen LogP contribution in [0.4, 0.5) is 0 Å². The zero-order valence-electron chi connectivity index (χ0n) is 5.39. The number of nitriles is 1. The molecule has 0 aliphatic carbocycles. The highest BCUT2D eigenvalue weighted by Crippen LogP contribution is 2.66. The van der Waals surface area contributed by atoms with Gasteiger partial charge in [-0.15, -0.1) is 0 Å². The zero-order chi connectivity index (χ0) is 10.2. The smallest absolute Gasteiger partial charge is 0.356 e. The van der Waals surface area contributed by atoms with Gasteiger partial charge in [0.15, 0.2) is 0 Å². The summed E-state index contributed by atoms with van der Waals surface area (Å²) >= 11 is 0. The number of hydrogen-bond donors (Lipinski definition) is 5. The normalized spacial score (nSPS) is 14.0. The van der Waals surface area contributed by atoms with Crippen molar-refractivity contribution in [1.82, 2.24) is 0 Å². The highest BCUT2D eigenvalue weighted by molar-refractivity contribution is 7.72. The fraction of sp³-hybridized carbons (Fsp3) is 0.500. The molecule has 0 aromatic rings. The fourth-order valence-corrected chi connectivity index (χ4v) is 1.92. The lowest BCUT2D eigenvalue weighted by Crippen LogP contribution is -2.26. The van der Waals surface area contributed by atoms with Gasteiger partial charge in [0.05, 0.1) is 0 Å². The van der Waals surface area contributed by atoms with Gasteiger partial charge in [-0.2, -0.15) is 5.26 Å². The standard InChI is InChI=1S/C2H5NO7P2/c3-1-2(4,11(5,6)7)12(8,9)10/h4H,(H2,5,6,7)(H2,8,9,10). The molecule has 0 saturated carbocycles. The highest BCUT2D eigenvalue weighted by atomic mass is 31.2. The molecule has 0 radical (unpaired) electrons. The third kappa shape index (κ3) is 1.73. The molecule has 0 aliphatic rings. The van der Waals surface area contributed by atoms with Crippen molar-refractivity contribution in [3.8, 4) is 6.07 Å². The van der Waals surface area contributed by atoms with Crippen LogP contribution in [0.15, 0.2) is 0 Å². The van der Waals surface area contributed by atoms with Gasteiger partial charge < -0.3 is 24.7 Å². The van der Waals surface area contributed by atoms with Gasteiger partial charge in [0.25, 0.3) is 0 Å². The SMILES string of the molecule is N#CC(O)(P(=O)(O)O)P(=O)(O)O. The number of aliphatic hydroxyl groups is 1. The summed E-state index contributed by atoms with van der Waals surface area (Å²) in [5, 5.41) is 12.6. The summed E-state index contributed by atoms with van der Waals surface area (Å²) in [6, 6.07) is 0.488. The molecule has 70 valence electrons. The van der Waals surface area contributed by atoms with Crippen LogP contribution in [0, 0.1) is 11.3 Å². The summed E-state index contributed by atoms with van der Waals surface area (Å²) < 4.78 is 20.5. The third-order valence-electron chi connectivity index (χ3n) is 0.962. The Bertz CT molecular complexity index is 282. The molecule has 8 nitrogen and oxygen atoms in total. The minimum Gasteiger partial charge on any atom is -0.356 e. The maximum atomic E-state index is 10.3. The fourth-order valence-electron chi connectivity index (χ4n) is 0.300. The van der Waals surface area contributed by atoms with E-state index in [0.29, 0.717) is 6.07 Å². The van der Waals surface area contributed by atoms with Crippen LogP contribution in [0.25, 0.3) is 0 Å². The first-order chi connectivity index (χ1) is 5.06. The van der Waals surface area contributed by atoms with Crippen molar-refractivity contribution in [3.63, 3.8) is 0 Å². The second kappa shape index (κ2) is 2.91. The molecule has 0 unspecified atom stereocenters. The van der Waals surface area contributed by atoms with Crippen LogP contribution in [-0.4, -0.2) is 29.8 Å². The van der Waals surface area contributed by atoms with E-state index in [2.05, 4.69) is 0 Å². The molecule has 0 aromatic carbocycles. The average Bonchev–Trinajstić information content (AvgIpc) is 1.81. The van der Waals surface area contributed by atoms with E-state index in [4.69, 9.17) is 29.9 Å². The minimum absolute atomic E-state index is 0.488. The predicted octanol–water partition coefficient (Wildman–Crippen LogP) is -1.49. The van der Waals surface area contributed by atoms with Crippen molar-refractivity contribution < 1.29 is 33.8 Å². The maximum Gasteiger partial charge on any atom is 0.384 e. The van der Waals surface area contributed by atoms with Crippen molar-refractivity contribution in [2.75, 3.05) is 0 Å². The molecule has 0 fully saturated rings. The molecule has 0 spiro atoms. The molecule has 12 heavy (non-hydrogen) atoms. The van der Waals surface area contributed by atoms with E-state index in [1.165, 1.54) is 0 Å². The van der Waals surface area contributed by atoms with E-state index < -0.39 is 20.3 Å². The van der Waals surface area contributed by atoms with E-state index in [1.54, 1.807) is 0 Å². The molecule has 5 N–H and O–H groups in total. The van der Waals surface area contributed by atoms with Crippen molar-refractivity contribution in [3.05, 3.63) is 0 Å². The first kappa shape index (κ1) is 11.8. The Kier molecular flexibility index (Phi) is 2.85. The van der Waals surface area contributed by atoms with Gasteiger partial charge in [0, 0.05) is 0 Å². The van der Waals surface area contributed by atoms with E-state index >= 15 is 0 Å². The molecule has 0 heterocycles. The average molecular weight is 217 g/mol. The van der Waals surface area contributed by atoms with Gasteiger partial charge in [-0.25, -0.2) is 0 Å². The first-order valence-corrected chi connectivity index (χ1v) is 5.53. The largest absolute Gasteiger partial charge is 0.384 e. The summed E-state index contributed by atoms with van der Waals surface area (Å²) in [4.78, 5) is 32.9. The van der Waals surface area contributed by atoms with Gasteiger partial charge in [0.1, 0.15) is 6.07 Å². The van der Waals surface area contributed by atoms with Crippen LogP contribution in [0.3, 0.4) is 0 Å². The molecule has 0 saturated heterocycles. The third-order valence-corrected chi connectivity index (χ3v) is 4.35. The van der Waals surface area contributed by atoms with Crippen LogP contribution in [0.5, 0.6) is 0 Å². The maximum absolute atomic E-state index is 10.3. The Morgan fingerprint density at radius 3 is 1.33 bits per heavy atom. The Hall–Kier alpha value is -0.250. The Morgan fingerprint density at radius 2 is 1.33 bits per heavy atom. The molecule has 0 amide bonds. The van der Waals surface area contributed by atoms with E-state index in [1.807, 2.05) is 0 Å². The van der Waals surface area contributed by atoms with Crippen molar-refractivity contribution in [1.29, 1.82) is 5.26 Å². The lowest BCUT2D eigenvalue weighted by Gasteiger charge is -2.21. The Morgan fingerprint density at radius 1 is 1.08 bits per heavy atom. The quantitative estimate of drug-likeness (QED) is 0.276. The topological polar surface area (TPSA) is 159 Å². The Labute approximate surface area is 66.4 Å². The van der Waals surface area contributed by atoms with E-state index in [-0.39, 0.29) is 0 Å². The number of nitrogens with zero attached hydrogens (tertiary/aromatic N) is 1. The van der Waals surface area contributed by atoms with Gasteiger partial charge in [-0.3, -0.25) is 9.13 Å². The highest BCUT2D eigenvalue weighted by Gasteiger charge is 2.60. The van der Waals surface area contributed by atoms with Crippen LogP contribution < -0.4 is 0 Å². The number of hydrogen-bond acceptors (Lipinski definition) is 4. The second-order valence-corrected chi connectivity index (χ2v) is 5.66. The summed E-state index contributed by atoms with van der Waals surface area (Å²) in [7, 11) is -11.2. The van der Waals surface area contributed by atoms with E-state index in [9.17, 15) is 9.13 Å². The Balaban J connectivity index is 5.45. The zero-order valence-corrected chi connectivity index (χ0v) is 7.18. The van der Waals surface area contributed by atoms with Gasteiger partial charge in [0.2, 0.25) is 0 Å².